The third kappa shape index (κ3) is 6.21. The highest BCUT2D eigenvalue weighted by Gasteiger charge is 2.21. The molecule has 9 heteroatoms. The van der Waals surface area contributed by atoms with Crippen molar-refractivity contribution in [1.29, 1.82) is 0 Å². The predicted octanol–water partition coefficient (Wildman–Crippen LogP) is 2.57. The van der Waals surface area contributed by atoms with Crippen LogP contribution in [0.5, 0.6) is 5.75 Å². The molecule has 0 aromatic heterocycles. The van der Waals surface area contributed by atoms with Gasteiger partial charge in [-0.25, -0.2) is 13.2 Å². The second-order valence-electron chi connectivity index (χ2n) is 6.03. The van der Waals surface area contributed by atoms with Crippen LogP contribution in [-0.2, 0) is 19.6 Å². The van der Waals surface area contributed by atoms with Crippen LogP contribution in [0.2, 0.25) is 0 Å². The van der Waals surface area contributed by atoms with E-state index in [0.717, 1.165) is 0 Å². The molecule has 0 aliphatic heterocycles. The van der Waals surface area contributed by atoms with Gasteiger partial charge in [0.05, 0.1) is 17.1 Å². The third-order valence-electron chi connectivity index (χ3n) is 3.80. The molecule has 1 atom stereocenters. The topological polar surface area (TPSA) is 111 Å². The van der Waals surface area contributed by atoms with Crippen LogP contribution < -0.4 is 14.8 Å². The van der Waals surface area contributed by atoms with Gasteiger partial charge in [0.25, 0.3) is 15.9 Å². The molecule has 2 aromatic carbocycles. The monoisotopic (exact) mass is 420 g/mol. The van der Waals surface area contributed by atoms with Crippen molar-refractivity contribution >= 4 is 27.6 Å². The van der Waals surface area contributed by atoms with E-state index in [1.54, 1.807) is 31.2 Å². The molecule has 0 saturated heterocycles. The fraction of sp³-hybridized carbons (Fsp3) is 0.300. The molecule has 2 rings (SSSR count). The SMILES string of the molecule is CCNC(=O)[C@H](C)OC(=O)c1cccc(S(=O)(=O)Nc2ccc(OCC)cc2)c1. The van der Waals surface area contributed by atoms with Crippen LogP contribution >= 0.6 is 0 Å². The summed E-state index contributed by atoms with van der Waals surface area (Å²) in [6.45, 7) is 5.96. The Morgan fingerprint density at radius 3 is 2.38 bits per heavy atom. The van der Waals surface area contributed by atoms with Crippen molar-refractivity contribution in [2.24, 2.45) is 0 Å². The minimum atomic E-state index is -3.93. The first-order chi connectivity index (χ1) is 13.8. The van der Waals surface area contributed by atoms with E-state index in [1.165, 1.54) is 31.2 Å². The zero-order valence-electron chi connectivity index (χ0n) is 16.5. The van der Waals surface area contributed by atoms with E-state index < -0.39 is 28.0 Å². The highest BCUT2D eigenvalue weighted by Crippen LogP contribution is 2.20. The highest BCUT2D eigenvalue weighted by molar-refractivity contribution is 7.92. The lowest BCUT2D eigenvalue weighted by Crippen LogP contribution is -2.35. The van der Waals surface area contributed by atoms with Gasteiger partial charge in [0, 0.05) is 12.2 Å². The Kier molecular flexibility index (Phi) is 7.60. The summed E-state index contributed by atoms with van der Waals surface area (Å²) in [6, 6.07) is 11.9. The first-order valence-corrected chi connectivity index (χ1v) is 10.6. The van der Waals surface area contributed by atoms with Gasteiger partial charge in [-0.1, -0.05) is 6.07 Å². The average Bonchev–Trinajstić information content (AvgIpc) is 2.69. The molecular weight excluding hydrogens is 396 g/mol. The van der Waals surface area contributed by atoms with Gasteiger partial charge in [-0.15, -0.1) is 0 Å². The molecule has 2 N–H and O–H groups in total. The Morgan fingerprint density at radius 1 is 1.07 bits per heavy atom. The fourth-order valence-corrected chi connectivity index (χ4v) is 3.49. The number of hydrogen-bond donors (Lipinski definition) is 2. The number of rotatable bonds is 9. The maximum Gasteiger partial charge on any atom is 0.338 e. The summed E-state index contributed by atoms with van der Waals surface area (Å²) in [7, 11) is -3.93. The van der Waals surface area contributed by atoms with Crippen molar-refractivity contribution in [2.75, 3.05) is 17.9 Å². The molecule has 0 bridgehead atoms. The summed E-state index contributed by atoms with van der Waals surface area (Å²) in [6.07, 6.45) is -0.996. The number of carbonyl (C=O) groups is 2. The first kappa shape index (κ1) is 22.2. The standard InChI is InChI=1S/C20H24N2O6S/c1-4-21-19(23)14(3)28-20(24)15-7-6-8-18(13-15)29(25,26)22-16-9-11-17(12-10-16)27-5-2/h6-14,22H,4-5H2,1-3H3,(H,21,23)/t14-/m0/s1. The number of hydrogen-bond acceptors (Lipinski definition) is 6. The largest absolute Gasteiger partial charge is 0.494 e. The maximum absolute atomic E-state index is 12.6. The van der Waals surface area contributed by atoms with E-state index in [1.807, 2.05) is 6.92 Å². The van der Waals surface area contributed by atoms with Crippen LogP contribution in [0.1, 0.15) is 31.1 Å². The summed E-state index contributed by atoms with van der Waals surface area (Å²) >= 11 is 0. The quantitative estimate of drug-likeness (QED) is 0.603. The Bertz CT molecular complexity index is 957. The smallest absolute Gasteiger partial charge is 0.338 e. The number of esters is 1. The summed E-state index contributed by atoms with van der Waals surface area (Å²) in [4.78, 5) is 23.9. The van der Waals surface area contributed by atoms with Gasteiger partial charge in [0.15, 0.2) is 6.10 Å². The predicted molar refractivity (Wildman–Crippen MR) is 108 cm³/mol. The van der Waals surface area contributed by atoms with Crippen molar-refractivity contribution < 1.29 is 27.5 Å². The molecular formula is C20H24N2O6S. The summed E-state index contributed by atoms with van der Waals surface area (Å²) in [5, 5.41) is 2.55. The molecule has 0 spiro atoms. The van der Waals surface area contributed by atoms with Gasteiger partial charge < -0.3 is 14.8 Å². The minimum absolute atomic E-state index is 0.0238. The Balaban J connectivity index is 2.14. The van der Waals surface area contributed by atoms with Crippen LogP contribution in [0.25, 0.3) is 0 Å². The van der Waals surface area contributed by atoms with Crippen LogP contribution in [0, 0.1) is 0 Å². The second-order valence-corrected chi connectivity index (χ2v) is 7.72. The van der Waals surface area contributed by atoms with Gasteiger partial charge >= 0.3 is 5.97 Å². The fourth-order valence-electron chi connectivity index (χ4n) is 2.39. The van der Waals surface area contributed by atoms with Gasteiger partial charge in [-0.3, -0.25) is 9.52 Å². The molecule has 0 unspecified atom stereocenters. The maximum atomic E-state index is 12.6. The number of sulfonamides is 1. The molecule has 0 radical (unpaired) electrons. The Hall–Kier alpha value is -3.07. The zero-order chi connectivity index (χ0) is 21.4. The van der Waals surface area contributed by atoms with Gasteiger partial charge in [-0.2, -0.15) is 0 Å². The van der Waals surface area contributed by atoms with Crippen LogP contribution in [-0.4, -0.2) is 39.5 Å². The van der Waals surface area contributed by atoms with E-state index in [4.69, 9.17) is 9.47 Å². The Morgan fingerprint density at radius 2 is 1.76 bits per heavy atom. The van der Waals surface area contributed by atoms with E-state index in [-0.39, 0.29) is 10.5 Å². The number of anilines is 1. The van der Waals surface area contributed by atoms with Crippen molar-refractivity contribution in [3.8, 4) is 5.75 Å². The van der Waals surface area contributed by atoms with Crippen molar-refractivity contribution in [3.05, 3.63) is 54.1 Å². The molecule has 29 heavy (non-hydrogen) atoms. The molecule has 0 saturated carbocycles. The normalized spacial score (nSPS) is 12.0. The van der Waals surface area contributed by atoms with Crippen molar-refractivity contribution in [2.45, 2.75) is 31.8 Å². The van der Waals surface area contributed by atoms with Gasteiger partial charge in [-0.05, 0) is 63.2 Å². The summed E-state index contributed by atoms with van der Waals surface area (Å²) < 4.78 is 38.2. The van der Waals surface area contributed by atoms with Crippen molar-refractivity contribution in [1.82, 2.24) is 5.32 Å². The number of ether oxygens (including phenoxy) is 2. The number of benzene rings is 2. The van der Waals surface area contributed by atoms with Crippen LogP contribution in [0.3, 0.4) is 0 Å². The van der Waals surface area contributed by atoms with E-state index in [2.05, 4.69) is 10.0 Å². The molecule has 1 amide bonds. The molecule has 156 valence electrons. The van der Waals surface area contributed by atoms with E-state index >= 15 is 0 Å². The molecule has 0 aliphatic rings. The average molecular weight is 420 g/mol. The van der Waals surface area contributed by atoms with Crippen LogP contribution in [0.15, 0.2) is 53.4 Å². The lowest BCUT2D eigenvalue weighted by Gasteiger charge is -2.13. The Labute approximate surface area is 170 Å². The number of amides is 1. The first-order valence-electron chi connectivity index (χ1n) is 9.11. The van der Waals surface area contributed by atoms with Crippen molar-refractivity contribution in [3.63, 3.8) is 0 Å². The summed E-state index contributed by atoms with van der Waals surface area (Å²) in [5.74, 6) is -0.593. The van der Waals surface area contributed by atoms with Gasteiger partial charge in [0.2, 0.25) is 0 Å². The third-order valence-corrected chi connectivity index (χ3v) is 5.18. The lowest BCUT2D eigenvalue weighted by atomic mass is 10.2. The molecule has 0 aliphatic carbocycles. The molecule has 0 fully saturated rings. The lowest BCUT2D eigenvalue weighted by molar-refractivity contribution is -0.128. The molecule has 2 aromatic rings. The number of carbonyl (C=O) groups excluding carboxylic acids is 2. The minimum Gasteiger partial charge on any atom is -0.494 e. The molecule has 0 heterocycles. The zero-order valence-corrected chi connectivity index (χ0v) is 17.3. The van der Waals surface area contributed by atoms with Gasteiger partial charge in [0.1, 0.15) is 5.75 Å². The number of likely N-dealkylation sites (N-methyl/N-ethyl adjacent to an activating group) is 1. The van der Waals surface area contributed by atoms with Crippen LogP contribution in [0.4, 0.5) is 5.69 Å². The molecule has 8 nitrogen and oxygen atoms in total. The van der Waals surface area contributed by atoms with E-state index in [9.17, 15) is 18.0 Å². The van der Waals surface area contributed by atoms with E-state index in [0.29, 0.717) is 24.6 Å². The second kappa shape index (κ2) is 9.92. The number of nitrogens with one attached hydrogen (secondary N) is 2. The summed E-state index contributed by atoms with van der Waals surface area (Å²) in [5.41, 5.74) is 0.377. The highest BCUT2D eigenvalue weighted by atomic mass is 32.2.